The Hall–Kier alpha value is -1.68. The minimum atomic E-state index is 0.227. The van der Waals surface area contributed by atoms with E-state index in [0.717, 1.165) is 44.6 Å². The molecular weight excluding hydrogens is 264 g/mol. The number of hydrogen-bond acceptors (Lipinski definition) is 3. The van der Waals surface area contributed by atoms with Crippen molar-refractivity contribution in [2.24, 2.45) is 0 Å². The van der Waals surface area contributed by atoms with E-state index in [1.54, 1.807) is 0 Å². The fourth-order valence-electron chi connectivity index (χ4n) is 3.36. The fourth-order valence-corrected chi connectivity index (χ4v) is 3.36. The standard InChI is InChI=1S/C17H22N2O2/c20-16(14-5-2-1-3-6-14)7-4-10-18-11-12-19-15(13-18)8-9-17(19)21/h1-3,5-6,15H,4,7-13H2. The molecule has 0 aromatic heterocycles. The minimum Gasteiger partial charge on any atom is -0.337 e. The maximum absolute atomic E-state index is 12.0. The highest BCUT2D eigenvalue weighted by Crippen LogP contribution is 2.22. The molecule has 2 aliphatic heterocycles. The van der Waals surface area contributed by atoms with Gasteiger partial charge in [-0.2, -0.15) is 0 Å². The summed E-state index contributed by atoms with van der Waals surface area (Å²) in [6, 6.07) is 9.92. The maximum atomic E-state index is 12.0. The smallest absolute Gasteiger partial charge is 0.222 e. The molecule has 2 heterocycles. The lowest BCUT2D eigenvalue weighted by Gasteiger charge is -2.37. The third-order valence-corrected chi connectivity index (χ3v) is 4.55. The van der Waals surface area contributed by atoms with Crippen LogP contribution in [0, 0.1) is 0 Å². The van der Waals surface area contributed by atoms with Gasteiger partial charge in [-0.05, 0) is 19.4 Å². The number of amides is 1. The number of rotatable bonds is 5. The molecular formula is C17H22N2O2. The van der Waals surface area contributed by atoms with E-state index in [4.69, 9.17) is 0 Å². The summed E-state index contributed by atoms with van der Waals surface area (Å²) in [6.45, 7) is 3.74. The zero-order valence-corrected chi connectivity index (χ0v) is 12.3. The molecule has 2 aliphatic rings. The molecule has 1 unspecified atom stereocenters. The summed E-state index contributed by atoms with van der Waals surface area (Å²) in [5.74, 6) is 0.546. The third-order valence-electron chi connectivity index (χ3n) is 4.55. The van der Waals surface area contributed by atoms with E-state index in [1.165, 1.54) is 0 Å². The molecule has 1 amide bonds. The number of hydrogen-bond donors (Lipinski definition) is 0. The summed E-state index contributed by atoms with van der Waals surface area (Å²) in [5, 5.41) is 0. The number of Topliss-reactive ketones (excluding diaryl/α,β-unsaturated/α-hetero) is 1. The fraction of sp³-hybridized carbons (Fsp3) is 0.529. The van der Waals surface area contributed by atoms with Crippen molar-refractivity contribution in [1.82, 2.24) is 9.80 Å². The van der Waals surface area contributed by atoms with Crippen molar-refractivity contribution in [3.8, 4) is 0 Å². The maximum Gasteiger partial charge on any atom is 0.222 e. The van der Waals surface area contributed by atoms with Gasteiger partial charge in [-0.25, -0.2) is 0 Å². The number of nitrogens with zero attached hydrogens (tertiary/aromatic N) is 2. The average molecular weight is 286 g/mol. The normalized spacial score (nSPS) is 22.4. The summed E-state index contributed by atoms with van der Waals surface area (Å²) >= 11 is 0. The van der Waals surface area contributed by atoms with Gasteiger partial charge in [-0.3, -0.25) is 14.5 Å². The molecule has 112 valence electrons. The predicted octanol–water partition coefficient (Wildman–Crippen LogP) is 1.96. The van der Waals surface area contributed by atoms with Crippen LogP contribution < -0.4 is 0 Å². The van der Waals surface area contributed by atoms with E-state index in [-0.39, 0.29) is 5.78 Å². The Morgan fingerprint density at radius 3 is 2.81 bits per heavy atom. The first-order valence-corrected chi connectivity index (χ1v) is 7.84. The van der Waals surface area contributed by atoms with E-state index in [2.05, 4.69) is 4.90 Å². The number of ketones is 1. The van der Waals surface area contributed by atoms with Gasteiger partial charge in [0.2, 0.25) is 5.91 Å². The van der Waals surface area contributed by atoms with Crippen LogP contribution in [0.25, 0.3) is 0 Å². The SMILES string of the molecule is O=C(CCCN1CCN2C(=O)CCC2C1)c1ccccc1. The first-order chi connectivity index (χ1) is 10.2. The molecule has 0 saturated carbocycles. The van der Waals surface area contributed by atoms with Gasteiger partial charge >= 0.3 is 0 Å². The molecule has 4 nitrogen and oxygen atoms in total. The topological polar surface area (TPSA) is 40.6 Å². The van der Waals surface area contributed by atoms with E-state index in [0.29, 0.717) is 24.8 Å². The zero-order chi connectivity index (χ0) is 14.7. The highest BCUT2D eigenvalue weighted by Gasteiger charge is 2.35. The summed E-state index contributed by atoms with van der Waals surface area (Å²) in [7, 11) is 0. The molecule has 0 spiro atoms. The molecule has 4 heteroatoms. The number of fused-ring (bicyclic) bond motifs is 1. The van der Waals surface area contributed by atoms with Crippen LogP contribution in [-0.4, -0.2) is 53.7 Å². The Morgan fingerprint density at radius 2 is 2.00 bits per heavy atom. The van der Waals surface area contributed by atoms with Crippen LogP contribution in [0.3, 0.4) is 0 Å². The van der Waals surface area contributed by atoms with Gasteiger partial charge in [0.05, 0.1) is 0 Å². The Bertz CT molecular complexity index is 515. The van der Waals surface area contributed by atoms with Crippen molar-refractivity contribution in [3.63, 3.8) is 0 Å². The Kier molecular flexibility index (Phi) is 4.34. The van der Waals surface area contributed by atoms with Gasteiger partial charge in [-0.15, -0.1) is 0 Å². The van der Waals surface area contributed by atoms with Gasteiger partial charge in [0.15, 0.2) is 5.78 Å². The number of carbonyl (C=O) groups excluding carboxylic acids is 2. The van der Waals surface area contributed by atoms with Crippen LogP contribution in [0.5, 0.6) is 0 Å². The quantitative estimate of drug-likeness (QED) is 0.777. The van der Waals surface area contributed by atoms with E-state index >= 15 is 0 Å². The number of benzene rings is 1. The predicted molar refractivity (Wildman–Crippen MR) is 81.2 cm³/mol. The molecule has 0 aliphatic carbocycles. The summed E-state index contributed by atoms with van der Waals surface area (Å²) < 4.78 is 0. The summed E-state index contributed by atoms with van der Waals surface area (Å²) in [4.78, 5) is 28.1. The second-order valence-corrected chi connectivity index (χ2v) is 5.97. The van der Waals surface area contributed by atoms with Crippen molar-refractivity contribution in [3.05, 3.63) is 35.9 Å². The summed E-state index contributed by atoms with van der Waals surface area (Å²) in [6.07, 6.45) is 3.21. The molecule has 0 bridgehead atoms. The minimum absolute atomic E-state index is 0.227. The van der Waals surface area contributed by atoms with Gasteiger partial charge in [0.25, 0.3) is 0 Å². The monoisotopic (exact) mass is 286 g/mol. The summed E-state index contributed by atoms with van der Waals surface area (Å²) in [5.41, 5.74) is 0.809. The molecule has 3 rings (SSSR count). The van der Waals surface area contributed by atoms with Gasteiger partial charge in [0.1, 0.15) is 0 Å². The van der Waals surface area contributed by atoms with Crippen LogP contribution in [0.2, 0.25) is 0 Å². The van der Waals surface area contributed by atoms with Crippen molar-refractivity contribution in [1.29, 1.82) is 0 Å². The highest BCUT2D eigenvalue weighted by molar-refractivity contribution is 5.95. The third kappa shape index (κ3) is 3.32. The molecule has 1 aromatic carbocycles. The molecule has 2 fully saturated rings. The average Bonchev–Trinajstić information content (AvgIpc) is 2.89. The Labute approximate surface area is 125 Å². The molecule has 21 heavy (non-hydrogen) atoms. The van der Waals surface area contributed by atoms with Crippen LogP contribution in [0.4, 0.5) is 0 Å². The lowest BCUT2D eigenvalue weighted by atomic mass is 10.1. The van der Waals surface area contributed by atoms with Crippen molar-refractivity contribution in [2.45, 2.75) is 31.7 Å². The van der Waals surface area contributed by atoms with Gasteiger partial charge in [0, 0.05) is 44.1 Å². The van der Waals surface area contributed by atoms with Gasteiger partial charge in [-0.1, -0.05) is 30.3 Å². The van der Waals surface area contributed by atoms with Crippen LogP contribution in [-0.2, 0) is 4.79 Å². The molecule has 1 atom stereocenters. The first-order valence-electron chi connectivity index (χ1n) is 7.84. The van der Waals surface area contributed by atoms with Gasteiger partial charge < -0.3 is 4.90 Å². The van der Waals surface area contributed by atoms with E-state index < -0.39 is 0 Å². The molecule has 0 N–H and O–H groups in total. The van der Waals surface area contributed by atoms with Crippen molar-refractivity contribution < 1.29 is 9.59 Å². The zero-order valence-electron chi connectivity index (χ0n) is 12.3. The second kappa shape index (κ2) is 6.39. The largest absolute Gasteiger partial charge is 0.337 e. The first kappa shape index (κ1) is 14.3. The van der Waals surface area contributed by atoms with E-state index in [9.17, 15) is 9.59 Å². The number of piperazine rings is 1. The molecule has 1 aromatic rings. The Balaban J connectivity index is 1.42. The molecule has 2 saturated heterocycles. The number of carbonyl (C=O) groups is 2. The second-order valence-electron chi connectivity index (χ2n) is 5.97. The lowest BCUT2D eigenvalue weighted by Crippen LogP contribution is -2.51. The van der Waals surface area contributed by atoms with Crippen molar-refractivity contribution >= 4 is 11.7 Å². The Morgan fingerprint density at radius 1 is 1.19 bits per heavy atom. The highest BCUT2D eigenvalue weighted by atomic mass is 16.2. The van der Waals surface area contributed by atoms with E-state index in [1.807, 2.05) is 35.2 Å². The molecule has 0 radical (unpaired) electrons. The van der Waals surface area contributed by atoms with Crippen molar-refractivity contribution in [2.75, 3.05) is 26.2 Å². The van der Waals surface area contributed by atoms with Crippen LogP contribution in [0.15, 0.2) is 30.3 Å². The lowest BCUT2D eigenvalue weighted by molar-refractivity contribution is -0.130. The van der Waals surface area contributed by atoms with Crippen LogP contribution >= 0.6 is 0 Å². The van der Waals surface area contributed by atoms with Crippen LogP contribution in [0.1, 0.15) is 36.0 Å².